The van der Waals surface area contributed by atoms with Crippen LogP contribution in [0.2, 0.25) is 0 Å². The van der Waals surface area contributed by atoms with Gasteiger partial charge in [-0.15, -0.1) is 0 Å². The van der Waals surface area contributed by atoms with Crippen LogP contribution in [0.4, 0.5) is 0 Å². The second-order valence-corrected chi connectivity index (χ2v) is 5.20. The summed E-state index contributed by atoms with van der Waals surface area (Å²) >= 11 is 0. The molecule has 20 heavy (non-hydrogen) atoms. The lowest BCUT2D eigenvalue weighted by Gasteiger charge is -2.19. The molecule has 2 unspecified atom stereocenters. The molecule has 1 amide bonds. The Hall–Kier alpha value is -1.88. The molecule has 1 saturated carbocycles. The van der Waals surface area contributed by atoms with Crippen LogP contribution in [0.25, 0.3) is 0 Å². The Kier molecular flexibility index (Phi) is 4.74. The number of amides is 1. The molecule has 1 aromatic rings. The van der Waals surface area contributed by atoms with E-state index in [1.54, 1.807) is 0 Å². The number of carboxylic acid groups (broad SMARTS) is 1. The maximum absolute atomic E-state index is 12.1. The number of nitrogens with one attached hydrogen (secondary N) is 1. The Bertz CT molecular complexity index is 474. The van der Waals surface area contributed by atoms with Crippen LogP contribution in [0.3, 0.4) is 0 Å². The van der Waals surface area contributed by atoms with Crippen LogP contribution in [0.5, 0.6) is 0 Å². The molecule has 3 N–H and O–H groups in total. The van der Waals surface area contributed by atoms with Crippen molar-refractivity contribution in [1.82, 2.24) is 5.32 Å². The molecule has 1 aliphatic rings. The van der Waals surface area contributed by atoms with E-state index in [1.807, 2.05) is 30.3 Å². The Morgan fingerprint density at radius 3 is 2.40 bits per heavy atom. The van der Waals surface area contributed by atoms with Crippen molar-refractivity contribution in [1.29, 1.82) is 0 Å². The van der Waals surface area contributed by atoms with E-state index in [2.05, 4.69) is 5.32 Å². The van der Waals surface area contributed by atoms with E-state index in [9.17, 15) is 14.7 Å². The molecule has 1 fully saturated rings. The van der Waals surface area contributed by atoms with Crippen LogP contribution >= 0.6 is 0 Å². The molecule has 0 spiro atoms. The van der Waals surface area contributed by atoms with Gasteiger partial charge in [0.1, 0.15) is 0 Å². The second kappa shape index (κ2) is 6.52. The van der Waals surface area contributed by atoms with E-state index in [0.29, 0.717) is 19.3 Å². The van der Waals surface area contributed by atoms with Gasteiger partial charge in [0.15, 0.2) is 0 Å². The van der Waals surface area contributed by atoms with Gasteiger partial charge >= 0.3 is 5.97 Å². The van der Waals surface area contributed by atoms with Crippen molar-refractivity contribution < 1.29 is 19.8 Å². The highest BCUT2D eigenvalue weighted by atomic mass is 16.4. The molecule has 0 aromatic heterocycles. The monoisotopic (exact) mass is 277 g/mol. The zero-order chi connectivity index (χ0) is 14.5. The number of aliphatic hydroxyl groups is 1. The highest BCUT2D eigenvalue weighted by Crippen LogP contribution is 2.31. The summed E-state index contributed by atoms with van der Waals surface area (Å²) in [6.45, 7) is -0.176. The maximum atomic E-state index is 12.1. The number of carbonyl (C=O) groups is 2. The minimum absolute atomic E-state index is 0.170. The first-order valence-corrected chi connectivity index (χ1v) is 6.80. The molecule has 0 radical (unpaired) electrons. The van der Waals surface area contributed by atoms with Crippen LogP contribution in [0, 0.1) is 11.8 Å². The van der Waals surface area contributed by atoms with Crippen LogP contribution in [0.15, 0.2) is 30.3 Å². The van der Waals surface area contributed by atoms with Gasteiger partial charge in [0.2, 0.25) is 5.91 Å². The van der Waals surface area contributed by atoms with Crippen molar-refractivity contribution in [2.75, 3.05) is 6.61 Å². The smallest absolute Gasteiger partial charge is 0.306 e. The molecule has 0 heterocycles. The minimum atomic E-state index is -0.831. The lowest BCUT2D eigenvalue weighted by Crippen LogP contribution is -2.35. The fourth-order valence-electron chi connectivity index (χ4n) is 2.65. The lowest BCUT2D eigenvalue weighted by molar-refractivity contribution is -0.141. The summed E-state index contributed by atoms with van der Waals surface area (Å²) in [6.07, 6.45) is 1.52. The molecule has 5 heteroatoms. The topological polar surface area (TPSA) is 86.6 Å². The summed E-state index contributed by atoms with van der Waals surface area (Å²) in [6, 6.07) is 8.81. The van der Waals surface area contributed by atoms with Crippen molar-refractivity contribution in [3.8, 4) is 0 Å². The first-order valence-electron chi connectivity index (χ1n) is 6.80. The molecule has 1 aliphatic carbocycles. The minimum Gasteiger partial charge on any atom is -0.481 e. The van der Waals surface area contributed by atoms with Gasteiger partial charge in [-0.05, 0) is 24.8 Å². The first kappa shape index (κ1) is 14.5. The van der Waals surface area contributed by atoms with Crippen molar-refractivity contribution >= 4 is 11.9 Å². The van der Waals surface area contributed by atoms with Gasteiger partial charge in [0.25, 0.3) is 0 Å². The highest BCUT2D eigenvalue weighted by molar-refractivity contribution is 5.81. The fourth-order valence-corrected chi connectivity index (χ4v) is 2.65. The Labute approximate surface area is 117 Å². The number of carboxylic acids is 1. The summed E-state index contributed by atoms with van der Waals surface area (Å²) in [5, 5.41) is 21.2. The number of hydrogen-bond donors (Lipinski definition) is 3. The fraction of sp³-hybridized carbons (Fsp3) is 0.467. The summed E-state index contributed by atoms with van der Waals surface area (Å²) in [7, 11) is 0. The van der Waals surface area contributed by atoms with Gasteiger partial charge in [-0.3, -0.25) is 9.59 Å². The second-order valence-electron chi connectivity index (χ2n) is 5.20. The van der Waals surface area contributed by atoms with Gasteiger partial charge in [-0.2, -0.15) is 0 Å². The van der Waals surface area contributed by atoms with E-state index >= 15 is 0 Å². The summed E-state index contributed by atoms with van der Waals surface area (Å²) < 4.78 is 0. The first-order chi connectivity index (χ1) is 9.61. The molecule has 2 rings (SSSR count). The van der Waals surface area contributed by atoms with Crippen LogP contribution in [-0.2, 0) is 9.59 Å². The van der Waals surface area contributed by atoms with Crippen molar-refractivity contribution in [2.45, 2.75) is 25.3 Å². The average molecular weight is 277 g/mol. The van der Waals surface area contributed by atoms with Crippen LogP contribution in [0.1, 0.15) is 30.9 Å². The highest BCUT2D eigenvalue weighted by Gasteiger charge is 2.34. The number of aliphatic hydroxyl groups excluding tert-OH is 1. The molecule has 108 valence electrons. The van der Waals surface area contributed by atoms with Gasteiger partial charge in [-0.25, -0.2) is 0 Å². The predicted octanol–water partition coefficient (Wildman–Crippen LogP) is 1.34. The Morgan fingerprint density at radius 1 is 1.20 bits per heavy atom. The van der Waals surface area contributed by atoms with Gasteiger partial charge in [-0.1, -0.05) is 30.3 Å². The van der Waals surface area contributed by atoms with E-state index in [0.717, 1.165) is 5.56 Å². The van der Waals surface area contributed by atoms with E-state index in [1.165, 1.54) is 0 Å². The number of carbonyl (C=O) groups excluding carboxylic acids is 1. The molecule has 0 saturated heterocycles. The zero-order valence-electron chi connectivity index (χ0n) is 11.2. The molecule has 1 aromatic carbocycles. The zero-order valence-corrected chi connectivity index (χ0v) is 11.2. The molecular formula is C15H19NO4. The third kappa shape index (κ3) is 3.36. The SMILES string of the molecule is O=C(O)C1CCC(C(=O)N[C@H](CO)c2ccccc2)C1. The summed E-state index contributed by atoms with van der Waals surface area (Å²) in [5.74, 6) is -1.69. The van der Waals surface area contributed by atoms with E-state index < -0.39 is 17.9 Å². The Morgan fingerprint density at radius 2 is 1.85 bits per heavy atom. The summed E-state index contributed by atoms with van der Waals surface area (Å²) in [4.78, 5) is 23.0. The third-order valence-electron chi connectivity index (χ3n) is 3.85. The van der Waals surface area contributed by atoms with Crippen LogP contribution < -0.4 is 5.32 Å². The maximum Gasteiger partial charge on any atom is 0.306 e. The predicted molar refractivity (Wildman–Crippen MR) is 72.9 cm³/mol. The molecule has 0 bridgehead atoms. The molecule has 0 aliphatic heterocycles. The molecule has 5 nitrogen and oxygen atoms in total. The Balaban J connectivity index is 1.95. The van der Waals surface area contributed by atoms with Crippen molar-refractivity contribution in [2.24, 2.45) is 11.8 Å². The quantitative estimate of drug-likeness (QED) is 0.758. The number of aliphatic carboxylic acids is 1. The number of rotatable bonds is 5. The third-order valence-corrected chi connectivity index (χ3v) is 3.85. The van der Waals surface area contributed by atoms with E-state index in [-0.39, 0.29) is 18.4 Å². The molecular weight excluding hydrogens is 258 g/mol. The van der Waals surface area contributed by atoms with Crippen LogP contribution in [-0.4, -0.2) is 28.7 Å². The van der Waals surface area contributed by atoms with Crippen molar-refractivity contribution in [3.63, 3.8) is 0 Å². The largest absolute Gasteiger partial charge is 0.481 e. The number of benzene rings is 1. The van der Waals surface area contributed by atoms with Crippen molar-refractivity contribution in [3.05, 3.63) is 35.9 Å². The normalized spacial score (nSPS) is 23.2. The van der Waals surface area contributed by atoms with E-state index in [4.69, 9.17) is 5.11 Å². The molecule has 3 atom stereocenters. The average Bonchev–Trinajstić information content (AvgIpc) is 2.95. The number of hydrogen-bond acceptors (Lipinski definition) is 3. The lowest BCUT2D eigenvalue weighted by atomic mass is 10.0. The standard InChI is InChI=1S/C15H19NO4/c17-9-13(10-4-2-1-3-5-10)16-14(18)11-6-7-12(8-11)15(19)20/h1-5,11-13,17H,6-9H2,(H,16,18)(H,19,20)/t11?,12?,13-/m1/s1. The van der Waals surface area contributed by atoms with Gasteiger partial charge in [0, 0.05) is 5.92 Å². The van der Waals surface area contributed by atoms with Gasteiger partial charge < -0.3 is 15.5 Å². The summed E-state index contributed by atoms with van der Waals surface area (Å²) in [5.41, 5.74) is 0.844. The van der Waals surface area contributed by atoms with Gasteiger partial charge in [0.05, 0.1) is 18.6 Å².